The molecule has 1 fully saturated rings. The van der Waals surface area contributed by atoms with Crippen molar-refractivity contribution in [2.24, 2.45) is 0 Å². The predicted molar refractivity (Wildman–Crippen MR) is 69.2 cm³/mol. The average molecular weight is 232 g/mol. The van der Waals surface area contributed by atoms with Crippen LogP contribution in [-0.2, 0) is 6.42 Å². The average Bonchev–Trinajstić information content (AvgIpc) is 2.32. The maximum atomic E-state index is 12.3. The van der Waals surface area contributed by atoms with Crippen LogP contribution in [0.1, 0.15) is 29.8 Å². The predicted octanol–water partition coefficient (Wildman–Crippen LogP) is 1.68. The standard InChI is InChI=1S/C14H20N2O/c1-3-11-5-7-12(8-6-11)14(17)16(4-2)13-9-15-10-13/h5-8,13,15H,3-4,9-10H2,1-2H3. The number of likely N-dealkylation sites (N-methyl/N-ethyl adjacent to an activating group) is 1. The first-order chi connectivity index (χ1) is 8.26. The van der Waals surface area contributed by atoms with Gasteiger partial charge in [0.15, 0.2) is 0 Å². The number of aryl methyl sites for hydroxylation is 1. The first-order valence-electron chi connectivity index (χ1n) is 6.36. The summed E-state index contributed by atoms with van der Waals surface area (Å²) < 4.78 is 0. The third-order valence-corrected chi connectivity index (χ3v) is 3.41. The van der Waals surface area contributed by atoms with Gasteiger partial charge in [-0.05, 0) is 31.0 Å². The van der Waals surface area contributed by atoms with Gasteiger partial charge in [-0.15, -0.1) is 0 Å². The zero-order valence-corrected chi connectivity index (χ0v) is 10.6. The van der Waals surface area contributed by atoms with Crippen LogP contribution in [0.15, 0.2) is 24.3 Å². The molecule has 1 aliphatic heterocycles. The Morgan fingerprint density at radius 1 is 1.29 bits per heavy atom. The second-order valence-electron chi connectivity index (χ2n) is 4.45. The molecule has 1 aliphatic rings. The van der Waals surface area contributed by atoms with E-state index in [1.54, 1.807) is 0 Å². The van der Waals surface area contributed by atoms with Crippen LogP contribution in [0, 0.1) is 0 Å². The Balaban J connectivity index is 2.10. The largest absolute Gasteiger partial charge is 0.333 e. The minimum Gasteiger partial charge on any atom is -0.333 e. The molecule has 0 radical (unpaired) electrons. The summed E-state index contributed by atoms with van der Waals surface area (Å²) in [5.41, 5.74) is 2.07. The fourth-order valence-electron chi connectivity index (χ4n) is 2.11. The van der Waals surface area contributed by atoms with Gasteiger partial charge < -0.3 is 10.2 Å². The molecule has 17 heavy (non-hydrogen) atoms. The Morgan fingerprint density at radius 3 is 2.35 bits per heavy atom. The second-order valence-corrected chi connectivity index (χ2v) is 4.45. The van der Waals surface area contributed by atoms with Crippen molar-refractivity contribution in [3.63, 3.8) is 0 Å². The summed E-state index contributed by atoms with van der Waals surface area (Å²) in [6.45, 7) is 6.78. The van der Waals surface area contributed by atoms with Crippen LogP contribution in [0.5, 0.6) is 0 Å². The van der Waals surface area contributed by atoms with Crippen molar-refractivity contribution in [2.45, 2.75) is 26.3 Å². The van der Waals surface area contributed by atoms with E-state index in [-0.39, 0.29) is 5.91 Å². The number of nitrogens with zero attached hydrogens (tertiary/aromatic N) is 1. The molecular formula is C14H20N2O. The van der Waals surface area contributed by atoms with Crippen LogP contribution in [0.4, 0.5) is 0 Å². The molecule has 0 saturated carbocycles. The smallest absolute Gasteiger partial charge is 0.254 e. The van der Waals surface area contributed by atoms with Crippen molar-refractivity contribution in [1.29, 1.82) is 0 Å². The fourth-order valence-corrected chi connectivity index (χ4v) is 2.11. The van der Waals surface area contributed by atoms with Gasteiger partial charge >= 0.3 is 0 Å². The normalized spacial score (nSPS) is 15.4. The minimum absolute atomic E-state index is 0.154. The van der Waals surface area contributed by atoms with Crippen molar-refractivity contribution in [2.75, 3.05) is 19.6 Å². The molecule has 0 bridgehead atoms. The van der Waals surface area contributed by atoms with Gasteiger partial charge in [-0.25, -0.2) is 0 Å². The molecule has 0 aliphatic carbocycles. The van der Waals surface area contributed by atoms with Gasteiger partial charge in [-0.2, -0.15) is 0 Å². The molecule has 0 aromatic heterocycles. The SMILES string of the molecule is CCc1ccc(C(=O)N(CC)C2CNC2)cc1. The van der Waals surface area contributed by atoms with Crippen LogP contribution in [-0.4, -0.2) is 36.5 Å². The Morgan fingerprint density at radius 2 is 1.94 bits per heavy atom. The molecule has 1 heterocycles. The van der Waals surface area contributed by atoms with Crippen LogP contribution in [0.3, 0.4) is 0 Å². The number of hydrogen-bond donors (Lipinski definition) is 1. The molecule has 2 rings (SSSR count). The van der Waals surface area contributed by atoms with Gasteiger partial charge in [0.05, 0.1) is 6.04 Å². The van der Waals surface area contributed by atoms with E-state index in [9.17, 15) is 4.79 Å². The highest BCUT2D eigenvalue weighted by Crippen LogP contribution is 2.12. The van der Waals surface area contributed by atoms with E-state index in [1.807, 2.05) is 36.1 Å². The lowest BCUT2D eigenvalue weighted by Crippen LogP contribution is -2.58. The maximum Gasteiger partial charge on any atom is 0.254 e. The first-order valence-corrected chi connectivity index (χ1v) is 6.36. The van der Waals surface area contributed by atoms with Crippen molar-refractivity contribution < 1.29 is 4.79 Å². The Kier molecular flexibility index (Phi) is 3.79. The quantitative estimate of drug-likeness (QED) is 0.856. The monoisotopic (exact) mass is 232 g/mol. The highest BCUT2D eigenvalue weighted by molar-refractivity contribution is 5.94. The van der Waals surface area contributed by atoms with Crippen LogP contribution in [0.2, 0.25) is 0 Å². The van der Waals surface area contributed by atoms with E-state index in [4.69, 9.17) is 0 Å². The Hall–Kier alpha value is -1.35. The maximum absolute atomic E-state index is 12.3. The summed E-state index contributed by atoms with van der Waals surface area (Å²) in [6.07, 6.45) is 1.01. The van der Waals surface area contributed by atoms with Crippen LogP contribution >= 0.6 is 0 Å². The highest BCUT2D eigenvalue weighted by Gasteiger charge is 2.27. The molecule has 0 atom stereocenters. The molecule has 3 heteroatoms. The summed E-state index contributed by atoms with van der Waals surface area (Å²) in [6, 6.07) is 8.34. The fraction of sp³-hybridized carbons (Fsp3) is 0.500. The molecule has 1 saturated heterocycles. The van der Waals surface area contributed by atoms with Crippen molar-refractivity contribution in [1.82, 2.24) is 10.2 Å². The molecule has 92 valence electrons. The Labute approximate surface area is 103 Å². The topological polar surface area (TPSA) is 32.3 Å². The van der Waals surface area contributed by atoms with E-state index in [1.165, 1.54) is 5.56 Å². The lowest BCUT2D eigenvalue weighted by atomic mass is 10.1. The van der Waals surface area contributed by atoms with E-state index in [0.29, 0.717) is 6.04 Å². The summed E-state index contributed by atoms with van der Waals surface area (Å²) in [5.74, 6) is 0.154. The number of hydrogen-bond acceptors (Lipinski definition) is 2. The number of carbonyl (C=O) groups is 1. The molecule has 1 aromatic rings. The molecule has 3 nitrogen and oxygen atoms in total. The number of benzene rings is 1. The third kappa shape index (κ3) is 2.50. The lowest BCUT2D eigenvalue weighted by molar-refractivity contribution is 0.0630. The summed E-state index contributed by atoms with van der Waals surface area (Å²) in [7, 11) is 0. The molecule has 0 spiro atoms. The minimum atomic E-state index is 0.154. The zero-order valence-electron chi connectivity index (χ0n) is 10.6. The summed E-state index contributed by atoms with van der Waals surface area (Å²) in [4.78, 5) is 14.3. The molecular weight excluding hydrogens is 212 g/mol. The van der Waals surface area contributed by atoms with Crippen molar-refractivity contribution >= 4 is 5.91 Å². The van der Waals surface area contributed by atoms with Gasteiger partial charge in [0, 0.05) is 25.2 Å². The van der Waals surface area contributed by atoms with E-state index >= 15 is 0 Å². The van der Waals surface area contributed by atoms with Gasteiger partial charge in [-0.3, -0.25) is 4.79 Å². The Bertz CT molecular complexity index is 382. The summed E-state index contributed by atoms with van der Waals surface area (Å²) in [5, 5.41) is 3.21. The molecule has 1 aromatic carbocycles. The van der Waals surface area contributed by atoms with Gasteiger partial charge in [-0.1, -0.05) is 19.1 Å². The van der Waals surface area contributed by atoms with Crippen molar-refractivity contribution in [3.05, 3.63) is 35.4 Å². The van der Waals surface area contributed by atoms with E-state index in [2.05, 4.69) is 12.2 Å². The number of carbonyl (C=O) groups excluding carboxylic acids is 1. The van der Waals surface area contributed by atoms with Crippen LogP contribution in [0.25, 0.3) is 0 Å². The molecule has 1 N–H and O–H groups in total. The van der Waals surface area contributed by atoms with Gasteiger partial charge in [0.1, 0.15) is 0 Å². The van der Waals surface area contributed by atoms with E-state index in [0.717, 1.165) is 31.6 Å². The second kappa shape index (κ2) is 5.32. The molecule has 0 unspecified atom stereocenters. The van der Waals surface area contributed by atoms with Gasteiger partial charge in [0.2, 0.25) is 0 Å². The lowest BCUT2D eigenvalue weighted by Gasteiger charge is -2.37. The summed E-state index contributed by atoms with van der Waals surface area (Å²) >= 11 is 0. The number of nitrogens with one attached hydrogen (secondary N) is 1. The highest BCUT2D eigenvalue weighted by atomic mass is 16.2. The van der Waals surface area contributed by atoms with Crippen molar-refractivity contribution in [3.8, 4) is 0 Å². The number of amides is 1. The first kappa shape index (κ1) is 12.1. The zero-order chi connectivity index (χ0) is 12.3. The van der Waals surface area contributed by atoms with Crippen LogP contribution < -0.4 is 5.32 Å². The molecule has 1 amide bonds. The number of rotatable bonds is 4. The van der Waals surface area contributed by atoms with E-state index < -0.39 is 0 Å². The van der Waals surface area contributed by atoms with Gasteiger partial charge in [0.25, 0.3) is 5.91 Å². The third-order valence-electron chi connectivity index (χ3n) is 3.41.